The zero-order valence-electron chi connectivity index (χ0n) is 16.2. The fourth-order valence-electron chi connectivity index (χ4n) is 3.17. The molecule has 0 aromatic heterocycles. The van der Waals surface area contributed by atoms with E-state index >= 15 is 0 Å². The number of ether oxygens (including phenoxy) is 2. The molecule has 1 aliphatic rings. The molecule has 0 unspecified atom stereocenters. The Morgan fingerprint density at radius 2 is 1.81 bits per heavy atom. The molecule has 0 atom stereocenters. The van der Waals surface area contributed by atoms with Gasteiger partial charge in [0.1, 0.15) is 0 Å². The summed E-state index contributed by atoms with van der Waals surface area (Å²) in [7, 11) is -0.0831. The van der Waals surface area contributed by atoms with Crippen LogP contribution in [0.25, 0.3) is 0 Å². The van der Waals surface area contributed by atoms with Crippen LogP contribution in [0, 0.1) is 0 Å². The van der Waals surface area contributed by atoms with E-state index in [1.165, 1.54) is 0 Å². The lowest BCUT2D eigenvalue weighted by atomic mass is 10.1. The Hall–Kier alpha value is -1.80. The lowest BCUT2D eigenvalue weighted by Crippen LogP contribution is -2.40. The van der Waals surface area contributed by atoms with Gasteiger partial charge >= 0.3 is 0 Å². The molecule has 0 bridgehead atoms. The lowest BCUT2D eigenvalue weighted by molar-refractivity contribution is -0.121. The molecule has 8 heteroatoms. The van der Waals surface area contributed by atoms with E-state index in [0.29, 0.717) is 37.4 Å². The molecular weight excluding hydrogens is 368 g/mol. The molecule has 1 aliphatic heterocycles. The monoisotopic (exact) mass is 398 g/mol. The summed E-state index contributed by atoms with van der Waals surface area (Å²) in [6.45, 7) is 1.36. The number of amides is 1. The average Bonchev–Trinajstić information content (AvgIpc) is 2.68. The number of benzene rings is 1. The van der Waals surface area contributed by atoms with E-state index in [4.69, 9.17) is 9.47 Å². The van der Waals surface area contributed by atoms with Gasteiger partial charge in [0.05, 0.1) is 20.0 Å². The third-order valence-electron chi connectivity index (χ3n) is 4.71. The molecule has 152 valence electrons. The van der Waals surface area contributed by atoms with E-state index in [2.05, 4.69) is 5.32 Å². The van der Waals surface area contributed by atoms with Crippen molar-refractivity contribution in [2.45, 2.75) is 38.5 Å². The molecule has 1 aromatic carbocycles. The Balaban J connectivity index is 1.69. The minimum Gasteiger partial charge on any atom is -0.493 e. The molecule has 0 aliphatic carbocycles. The number of sulfonamides is 1. The molecule has 1 fully saturated rings. The van der Waals surface area contributed by atoms with Crippen molar-refractivity contribution in [3.8, 4) is 11.5 Å². The summed E-state index contributed by atoms with van der Waals surface area (Å²) in [4.78, 5) is 12.0. The topological polar surface area (TPSA) is 84.9 Å². The van der Waals surface area contributed by atoms with E-state index in [1.54, 1.807) is 18.5 Å². The number of hydrogen-bond donors (Lipinski definition) is 1. The molecular formula is C19H30N2O5S. The second kappa shape index (κ2) is 10.5. The Morgan fingerprint density at radius 3 is 2.48 bits per heavy atom. The van der Waals surface area contributed by atoms with Crippen LogP contribution in [0.2, 0.25) is 0 Å². The Bertz CT molecular complexity index is 715. The first kappa shape index (κ1) is 21.5. The van der Waals surface area contributed by atoms with Crippen molar-refractivity contribution in [3.63, 3.8) is 0 Å². The van der Waals surface area contributed by atoms with Crippen LogP contribution in [-0.4, -0.2) is 58.2 Å². The predicted octanol–water partition coefficient (Wildman–Crippen LogP) is 1.96. The highest BCUT2D eigenvalue weighted by Gasteiger charge is 2.23. The van der Waals surface area contributed by atoms with Crippen LogP contribution in [0.15, 0.2) is 18.2 Å². The number of methoxy groups -OCH3 is 2. The van der Waals surface area contributed by atoms with Gasteiger partial charge in [-0.2, -0.15) is 0 Å². The molecule has 2 rings (SSSR count). The van der Waals surface area contributed by atoms with Crippen LogP contribution in [-0.2, 0) is 21.2 Å². The van der Waals surface area contributed by atoms with Gasteiger partial charge < -0.3 is 14.8 Å². The molecule has 27 heavy (non-hydrogen) atoms. The number of hydrogen-bond acceptors (Lipinski definition) is 5. The second-order valence-corrected chi connectivity index (χ2v) is 8.76. The van der Waals surface area contributed by atoms with Crippen molar-refractivity contribution in [3.05, 3.63) is 23.8 Å². The van der Waals surface area contributed by atoms with Crippen LogP contribution in [0.5, 0.6) is 11.5 Å². The van der Waals surface area contributed by atoms with Gasteiger partial charge in [-0.25, -0.2) is 12.7 Å². The maximum absolute atomic E-state index is 12.2. The smallest absolute Gasteiger partial charge is 0.220 e. The van der Waals surface area contributed by atoms with E-state index < -0.39 is 10.0 Å². The summed E-state index contributed by atoms with van der Waals surface area (Å²) >= 11 is 0. The van der Waals surface area contributed by atoms with Gasteiger partial charge in [0.15, 0.2) is 11.5 Å². The number of piperidine rings is 1. The van der Waals surface area contributed by atoms with E-state index in [1.807, 2.05) is 18.2 Å². The van der Waals surface area contributed by atoms with Crippen molar-refractivity contribution < 1.29 is 22.7 Å². The summed E-state index contributed by atoms with van der Waals surface area (Å²) in [6, 6.07) is 5.70. The molecule has 1 aromatic rings. The molecule has 7 nitrogen and oxygen atoms in total. The Kier molecular flexibility index (Phi) is 8.37. The number of nitrogens with zero attached hydrogens (tertiary/aromatic N) is 1. The second-order valence-electron chi connectivity index (χ2n) is 6.67. The maximum Gasteiger partial charge on any atom is 0.220 e. The Labute approximate surface area is 162 Å². The average molecular weight is 399 g/mol. The van der Waals surface area contributed by atoms with E-state index in [-0.39, 0.29) is 18.2 Å². The zero-order valence-corrected chi connectivity index (χ0v) is 17.0. The van der Waals surface area contributed by atoms with E-state index in [0.717, 1.165) is 31.2 Å². The van der Waals surface area contributed by atoms with Crippen LogP contribution < -0.4 is 14.8 Å². The summed E-state index contributed by atoms with van der Waals surface area (Å²) < 4.78 is 36.5. The maximum atomic E-state index is 12.2. The van der Waals surface area contributed by atoms with Crippen LogP contribution in [0.1, 0.15) is 37.7 Å². The van der Waals surface area contributed by atoms with E-state index in [9.17, 15) is 13.2 Å². The molecule has 1 saturated heterocycles. The molecule has 0 saturated carbocycles. The molecule has 0 spiro atoms. The van der Waals surface area contributed by atoms with Gasteiger partial charge in [0.25, 0.3) is 0 Å². The quantitative estimate of drug-likeness (QED) is 0.651. The minimum absolute atomic E-state index is 0.0333. The summed E-state index contributed by atoms with van der Waals surface area (Å²) in [5.74, 6) is 1.19. The fourth-order valence-corrected chi connectivity index (χ4v) is 4.60. The molecule has 0 radical (unpaired) electrons. The summed E-state index contributed by atoms with van der Waals surface area (Å²) in [5.41, 5.74) is 1.06. The number of aryl methyl sites for hydroxylation is 1. The van der Waals surface area contributed by atoms with Gasteiger partial charge in [-0.15, -0.1) is 0 Å². The van der Waals surface area contributed by atoms with Crippen molar-refractivity contribution >= 4 is 15.9 Å². The standard InChI is InChI=1S/C19H30N2O5S/c1-25-17-10-9-16(15-18(17)26-2)7-6-8-19(22)20-11-14-27(23,24)21-12-4-3-5-13-21/h9-10,15H,3-8,11-14H2,1-2H3,(H,20,22). The molecule has 1 amide bonds. The highest BCUT2D eigenvalue weighted by atomic mass is 32.2. The lowest BCUT2D eigenvalue weighted by Gasteiger charge is -2.25. The fraction of sp³-hybridized carbons (Fsp3) is 0.632. The summed E-state index contributed by atoms with van der Waals surface area (Å²) in [5, 5.41) is 2.72. The van der Waals surface area contributed by atoms with Gasteiger partial charge in [-0.3, -0.25) is 4.79 Å². The SMILES string of the molecule is COc1ccc(CCCC(=O)NCCS(=O)(=O)N2CCCCC2)cc1OC. The van der Waals surface area contributed by atoms with Crippen LogP contribution >= 0.6 is 0 Å². The molecule has 1 N–H and O–H groups in total. The Morgan fingerprint density at radius 1 is 1.11 bits per heavy atom. The third-order valence-corrected chi connectivity index (χ3v) is 6.58. The largest absolute Gasteiger partial charge is 0.493 e. The highest BCUT2D eigenvalue weighted by molar-refractivity contribution is 7.89. The van der Waals surface area contributed by atoms with Crippen LogP contribution in [0.3, 0.4) is 0 Å². The number of rotatable bonds is 10. The predicted molar refractivity (Wildman–Crippen MR) is 105 cm³/mol. The minimum atomic E-state index is -3.26. The first-order valence-corrected chi connectivity index (χ1v) is 11.0. The van der Waals surface area contributed by atoms with Gasteiger partial charge in [-0.1, -0.05) is 12.5 Å². The zero-order chi connectivity index (χ0) is 19.7. The van der Waals surface area contributed by atoms with Crippen LogP contribution in [0.4, 0.5) is 0 Å². The molecule has 1 heterocycles. The van der Waals surface area contributed by atoms with Crippen molar-refractivity contribution in [1.82, 2.24) is 9.62 Å². The first-order valence-electron chi connectivity index (χ1n) is 9.41. The van der Waals surface area contributed by atoms with Crippen molar-refractivity contribution in [2.75, 3.05) is 39.6 Å². The first-order chi connectivity index (χ1) is 13.0. The number of carbonyl (C=O) groups is 1. The number of nitrogens with one attached hydrogen (secondary N) is 1. The number of carbonyl (C=O) groups excluding carboxylic acids is 1. The van der Waals surface area contributed by atoms with Gasteiger partial charge in [-0.05, 0) is 43.4 Å². The normalized spacial score (nSPS) is 15.3. The summed E-state index contributed by atoms with van der Waals surface area (Å²) in [6.07, 6.45) is 4.70. The van der Waals surface area contributed by atoms with Gasteiger partial charge in [0.2, 0.25) is 15.9 Å². The van der Waals surface area contributed by atoms with Crippen molar-refractivity contribution in [1.29, 1.82) is 0 Å². The highest BCUT2D eigenvalue weighted by Crippen LogP contribution is 2.28. The van der Waals surface area contributed by atoms with Gasteiger partial charge in [0, 0.05) is 26.1 Å². The third kappa shape index (κ3) is 6.70. The van der Waals surface area contributed by atoms with Crippen molar-refractivity contribution in [2.24, 2.45) is 0 Å².